The summed E-state index contributed by atoms with van der Waals surface area (Å²) in [4.78, 5) is 15.8. The molecular weight excluding hydrogens is 248 g/mol. The molecule has 0 bridgehead atoms. The smallest absolute Gasteiger partial charge is 0.259 e. The molecule has 1 amide bonds. The highest BCUT2D eigenvalue weighted by molar-refractivity contribution is 6.06. The molecule has 0 spiro atoms. The molecule has 1 heterocycles. The fourth-order valence-corrected chi connectivity index (χ4v) is 1.49. The van der Waals surface area contributed by atoms with Crippen LogP contribution < -0.4 is 10.1 Å². The number of hydrogen-bond acceptors (Lipinski definition) is 5. The van der Waals surface area contributed by atoms with Crippen molar-refractivity contribution in [2.75, 3.05) is 12.4 Å². The van der Waals surface area contributed by atoms with Gasteiger partial charge in [0, 0.05) is 6.07 Å². The van der Waals surface area contributed by atoms with Crippen LogP contribution in [-0.4, -0.2) is 28.2 Å². The number of methoxy groups -OCH3 is 1. The molecule has 2 rings (SSSR count). The Labute approximate surface area is 109 Å². The van der Waals surface area contributed by atoms with Gasteiger partial charge in [0.05, 0.1) is 24.6 Å². The standard InChI is InChI=1S/C13H12N2O4/c1-19-11-6-5-8(7-14-11)15-13(18)9-3-2-4-10(16)12(9)17/h2-7,16-17H,1H3,(H,15,18). The Balaban J connectivity index is 2.18. The van der Waals surface area contributed by atoms with E-state index < -0.39 is 11.7 Å². The third-order valence-corrected chi connectivity index (χ3v) is 2.46. The number of anilines is 1. The van der Waals surface area contributed by atoms with Crippen molar-refractivity contribution in [2.24, 2.45) is 0 Å². The van der Waals surface area contributed by atoms with Gasteiger partial charge in [-0.1, -0.05) is 6.07 Å². The number of phenolic OH excluding ortho intramolecular Hbond substituents is 2. The Morgan fingerprint density at radius 2 is 2.05 bits per heavy atom. The number of carbonyl (C=O) groups excluding carboxylic acids is 1. The van der Waals surface area contributed by atoms with E-state index >= 15 is 0 Å². The van der Waals surface area contributed by atoms with Crippen molar-refractivity contribution >= 4 is 11.6 Å². The van der Waals surface area contributed by atoms with E-state index in [2.05, 4.69) is 10.3 Å². The molecule has 0 saturated carbocycles. The van der Waals surface area contributed by atoms with Gasteiger partial charge in [-0.25, -0.2) is 4.98 Å². The quantitative estimate of drug-likeness (QED) is 0.731. The summed E-state index contributed by atoms with van der Waals surface area (Å²) in [5, 5.41) is 21.5. The zero-order chi connectivity index (χ0) is 13.8. The van der Waals surface area contributed by atoms with Crippen LogP contribution in [0.25, 0.3) is 0 Å². The van der Waals surface area contributed by atoms with Crippen molar-refractivity contribution in [3.63, 3.8) is 0 Å². The minimum Gasteiger partial charge on any atom is -0.504 e. The molecule has 0 saturated heterocycles. The average Bonchev–Trinajstić information content (AvgIpc) is 2.42. The second kappa shape index (κ2) is 5.26. The molecule has 98 valence electrons. The minimum atomic E-state index is -0.541. The second-order valence-corrected chi connectivity index (χ2v) is 3.72. The van der Waals surface area contributed by atoms with Crippen molar-refractivity contribution < 1.29 is 19.7 Å². The molecule has 2 aromatic rings. The molecule has 0 fully saturated rings. The molecule has 0 atom stereocenters. The molecule has 6 nitrogen and oxygen atoms in total. The van der Waals surface area contributed by atoms with Gasteiger partial charge in [-0.15, -0.1) is 0 Å². The van der Waals surface area contributed by atoms with Gasteiger partial charge in [0.15, 0.2) is 11.5 Å². The van der Waals surface area contributed by atoms with Gasteiger partial charge in [0.25, 0.3) is 5.91 Å². The van der Waals surface area contributed by atoms with Crippen LogP contribution in [0, 0.1) is 0 Å². The fraction of sp³-hybridized carbons (Fsp3) is 0.0769. The van der Waals surface area contributed by atoms with Crippen LogP contribution in [0.2, 0.25) is 0 Å². The van der Waals surface area contributed by atoms with E-state index in [1.165, 1.54) is 31.5 Å². The van der Waals surface area contributed by atoms with Crippen LogP contribution in [0.4, 0.5) is 5.69 Å². The number of ether oxygens (including phenoxy) is 1. The highest BCUT2D eigenvalue weighted by atomic mass is 16.5. The Hall–Kier alpha value is -2.76. The highest BCUT2D eigenvalue weighted by Crippen LogP contribution is 2.28. The average molecular weight is 260 g/mol. The lowest BCUT2D eigenvalue weighted by Gasteiger charge is -2.07. The minimum absolute atomic E-state index is 0.0178. The summed E-state index contributed by atoms with van der Waals surface area (Å²) in [6.45, 7) is 0. The van der Waals surface area contributed by atoms with Crippen LogP contribution in [0.3, 0.4) is 0 Å². The first kappa shape index (κ1) is 12.7. The number of aromatic hydroxyl groups is 2. The van der Waals surface area contributed by atoms with Crippen LogP contribution in [0.15, 0.2) is 36.5 Å². The first-order chi connectivity index (χ1) is 9.11. The molecule has 0 unspecified atom stereocenters. The first-order valence-corrected chi connectivity index (χ1v) is 5.44. The van der Waals surface area contributed by atoms with Crippen molar-refractivity contribution in [3.05, 3.63) is 42.1 Å². The second-order valence-electron chi connectivity index (χ2n) is 3.72. The third kappa shape index (κ3) is 2.74. The normalized spacial score (nSPS) is 9.95. The van der Waals surface area contributed by atoms with Crippen LogP contribution in [0.1, 0.15) is 10.4 Å². The predicted molar refractivity (Wildman–Crippen MR) is 68.5 cm³/mol. The number of para-hydroxylation sites is 1. The summed E-state index contributed by atoms with van der Waals surface area (Å²) in [6, 6.07) is 7.38. The number of carbonyl (C=O) groups is 1. The van der Waals surface area contributed by atoms with Gasteiger partial charge in [-0.2, -0.15) is 0 Å². The number of aromatic nitrogens is 1. The van der Waals surface area contributed by atoms with Crippen LogP contribution >= 0.6 is 0 Å². The molecule has 0 aliphatic heterocycles. The van der Waals surface area contributed by atoms with Gasteiger partial charge >= 0.3 is 0 Å². The Morgan fingerprint density at radius 1 is 1.26 bits per heavy atom. The zero-order valence-corrected chi connectivity index (χ0v) is 10.1. The van der Waals surface area contributed by atoms with Crippen LogP contribution in [-0.2, 0) is 0 Å². The molecule has 1 aromatic heterocycles. The molecule has 0 aliphatic rings. The highest BCUT2D eigenvalue weighted by Gasteiger charge is 2.14. The summed E-state index contributed by atoms with van der Waals surface area (Å²) in [6.07, 6.45) is 1.43. The van der Waals surface area contributed by atoms with Crippen LogP contribution in [0.5, 0.6) is 17.4 Å². The number of rotatable bonds is 3. The van der Waals surface area contributed by atoms with Crippen molar-refractivity contribution in [1.82, 2.24) is 4.98 Å². The number of hydrogen-bond donors (Lipinski definition) is 3. The van der Waals surface area contributed by atoms with Gasteiger partial charge in [-0.3, -0.25) is 4.79 Å². The van der Waals surface area contributed by atoms with E-state index in [4.69, 9.17) is 4.74 Å². The number of benzene rings is 1. The summed E-state index contributed by atoms with van der Waals surface area (Å²) in [7, 11) is 1.49. The molecule has 1 aromatic carbocycles. The van der Waals surface area contributed by atoms with E-state index in [-0.39, 0.29) is 11.3 Å². The van der Waals surface area contributed by atoms with Crippen molar-refractivity contribution in [2.45, 2.75) is 0 Å². The first-order valence-electron chi connectivity index (χ1n) is 5.44. The Bertz CT molecular complexity index is 596. The number of nitrogens with zero attached hydrogens (tertiary/aromatic N) is 1. The summed E-state index contributed by atoms with van der Waals surface area (Å²) < 4.78 is 4.90. The third-order valence-electron chi connectivity index (χ3n) is 2.46. The van der Waals surface area contributed by atoms with Crippen molar-refractivity contribution in [1.29, 1.82) is 0 Å². The lowest BCUT2D eigenvalue weighted by molar-refractivity contribution is 0.102. The van der Waals surface area contributed by atoms with Gasteiger partial charge < -0.3 is 20.3 Å². The number of nitrogens with one attached hydrogen (secondary N) is 1. The van der Waals surface area contributed by atoms with E-state index in [9.17, 15) is 15.0 Å². The van der Waals surface area contributed by atoms with Gasteiger partial charge in [0.1, 0.15) is 0 Å². The maximum Gasteiger partial charge on any atom is 0.259 e. The maximum absolute atomic E-state index is 11.9. The molecule has 0 aliphatic carbocycles. The predicted octanol–water partition coefficient (Wildman–Crippen LogP) is 1.75. The lowest BCUT2D eigenvalue weighted by atomic mass is 10.1. The number of phenols is 2. The monoisotopic (exact) mass is 260 g/mol. The van der Waals surface area contributed by atoms with E-state index in [1.54, 1.807) is 12.1 Å². The van der Waals surface area contributed by atoms with Gasteiger partial charge in [-0.05, 0) is 18.2 Å². The molecule has 3 N–H and O–H groups in total. The molecule has 0 radical (unpaired) electrons. The summed E-state index contributed by atoms with van der Waals surface area (Å²) in [5.74, 6) is -0.916. The maximum atomic E-state index is 11.9. The summed E-state index contributed by atoms with van der Waals surface area (Å²) in [5.41, 5.74) is 0.435. The van der Waals surface area contributed by atoms with E-state index in [0.29, 0.717) is 11.6 Å². The molecule has 19 heavy (non-hydrogen) atoms. The van der Waals surface area contributed by atoms with Crippen molar-refractivity contribution in [3.8, 4) is 17.4 Å². The topological polar surface area (TPSA) is 91.7 Å². The molecular formula is C13H12N2O4. The zero-order valence-electron chi connectivity index (χ0n) is 10.1. The SMILES string of the molecule is COc1ccc(NC(=O)c2cccc(O)c2O)cn1. The Kier molecular flexibility index (Phi) is 3.51. The molecule has 6 heteroatoms. The number of pyridine rings is 1. The lowest BCUT2D eigenvalue weighted by Crippen LogP contribution is -2.12. The van der Waals surface area contributed by atoms with Gasteiger partial charge in [0.2, 0.25) is 5.88 Å². The number of amides is 1. The Morgan fingerprint density at radius 3 is 2.68 bits per heavy atom. The largest absolute Gasteiger partial charge is 0.504 e. The van der Waals surface area contributed by atoms with E-state index in [1.807, 2.05) is 0 Å². The fourth-order valence-electron chi connectivity index (χ4n) is 1.49. The summed E-state index contributed by atoms with van der Waals surface area (Å²) >= 11 is 0. The van der Waals surface area contributed by atoms with E-state index in [0.717, 1.165) is 0 Å².